The van der Waals surface area contributed by atoms with Gasteiger partial charge in [-0.25, -0.2) is 8.42 Å². The summed E-state index contributed by atoms with van der Waals surface area (Å²) in [5, 5.41) is 3.04. The van der Waals surface area contributed by atoms with Crippen molar-refractivity contribution in [1.29, 1.82) is 0 Å². The Morgan fingerprint density at radius 3 is 2.43 bits per heavy atom. The van der Waals surface area contributed by atoms with Crippen molar-refractivity contribution >= 4 is 32.8 Å². The maximum absolute atomic E-state index is 12.9. The lowest BCUT2D eigenvalue weighted by Crippen LogP contribution is -2.41. The topological polar surface area (TPSA) is 54.5 Å². The molecule has 0 fully saturated rings. The van der Waals surface area contributed by atoms with Gasteiger partial charge in [0, 0.05) is 11.1 Å². The molecule has 1 aromatic carbocycles. The Bertz CT molecular complexity index is 847. The molecule has 0 saturated heterocycles. The second-order valence-corrected chi connectivity index (χ2v) is 8.60. The van der Waals surface area contributed by atoms with Crippen LogP contribution in [0.25, 0.3) is 0 Å². The van der Waals surface area contributed by atoms with Gasteiger partial charge in [-0.15, -0.1) is 11.3 Å². The normalized spacial score (nSPS) is 19.0. The summed E-state index contributed by atoms with van der Waals surface area (Å²) in [5.41, 5.74) is 2.80. The van der Waals surface area contributed by atoms with E-state index < -0.39 is 15.9 Å². The molecular formula is C17H17NO3S2. The summed E-state index contributed by atoms with van der Waals surface area (Å²) in [4.78, 5) is 15.1. The number of hydrogen-bond donors (Lipinski definition) is 0. The molecule has 4 nitrogen and oxygen atoms in total. The zero-order valence-electron chi connectivity index (χ0n) is 12.9. The van der Waals surface area contributed by atoms with Crippen molar-refractivity contribution in [3.63, 3.8) is 0 Å². The second-order valence-electron chi connectivity index (χ2n) is 5.72. The van der Waals surface area contributed by atoms with E-state index >= 15 is 0 Å². The highest BCUT2D eigenvalue weighted by molar-refractivity contribution is 7.94. The molecule has 0 bridgehead atoms. The molecule has 1 atom stereocenters. The van der Waals surface area contributed by atoms with Crippen molar-refractivity contribution in [2.75, 3.05) is 10.7 Å². The fraction of sp³-hybridized carbons (Fsp3) is 0.235. The lowest BCUT2D eigenvalue weighted by atomic mass is 10.1. The van der Waals surface area contributed by atoms with Crippen molar-refractivity contribution in [2.45, 2.75) is 19.9 Å². The van der Waals surface area contributed by atoms with E-state index in [-0.39, 0.29) is 11.7 Å². The minimum Gasteiger partial charge on any atom is -0.300 e. The summed E-state index contributed by atoms with van der Waals surface area (Å²) in [7, 11) is -3.24. The van der Waals surface area contributed by atoms with Gasteiger partial charge in [0.15, 0.2) is 9.84 Å². The largest absolute Gasteiger partial charge is 0.300 e. The number of anilines is 1. The van der Waals surface area contributed by atoms with Gasteiger partial charge in [0.25, 0.3) is 5.91 Å². The van der Waals surface area contributed by atoms with Gasteiger partial charge in [0.05, 0.1) is 16.7 Å². The van der Waals surface area contributed by atoms with Crippen molar-refractivity contribution in [3.8, 4) is 0 Å². The summed E-state index contributed by atoms with van der Waals surface area (Å²) in [6, 6.07) is 8.96. The van der Waals surface area contributed by atoms with Crippen molar-refractivity contribution < 1.29 is 13.2 Å². The van der Waals surface area contributed by atoms with E-state index in [4.69, 9.17) is 0 Å². The number of amides is 1. The molecule has 0 radical (unpaired) electrons. The van der Waals surface area contributed by atoms with E-state index in [0.29, 0.717) is 4.88 Å². The molecule has 0 spiro atoms. The highest BCUT2D eigenvalue weighted by Gasteiger charge is 2.32. The van der Waals surface area contributed by atoms with Crippen LogP contribution in [0, 0.1) is 13.8 Å². The van der Waals surface area contributed by atoms with E-state index in [1.54, 1.807) is 17.0 Å². The predicted molar refractivity (Wildman–Crippen MR) is 93.8 cm³/mol. The van der Waals surface area contributed by atoms with E-state index in [0.717, 1.165) is 16.8 Å². The summed E-state index contributed by atoms with van der Waals surface area (Å²) in [6.45, 7) is 3.93. The van der Waals surface area contributed by atoms with Crippen LogP contribution in [0.15, 0.2) is 47.2 Å². The standard InChI is InChI=1S/C17H17NO3S2/c1-12-8-13(2)10-15(9-12)18(14-5-7-23(20,21)11-14)17(19)16-4-3-6-22-16/h3-10,14H,11H2,1-2H3/t14-/m1/s1. The lowest BCUT2D eigenvalue weighted by Gasteiger charge is -2.28. The molecule has 0 aliphatic carbocycles. The van der Waals surface area contributed by atoms with Gasteiger partial charge in [-0.1, -0.05) is 12.1 Å². The zero-order valence-corrected chi connectivity index (χ0v) is 14.5. The summed E-state index contributed by atoms with van der Waals surface area (Å²) < 4.78 is 23.6. The molecule has 0 unspecified atom stereocenters. The highest BCUT2D eigenvalue weighted by Crippen LogP contribution is 2.28. The van der Waals surface area contributed by atoms with Crippen LogP contribution < -0.4 is 4.90 Å². The third-order valence-corrected chi connectivity index (χ3v) is 5.91. The van der Waals surface area contributed by atoms with E-state index in [1.807, 2.05) is 43.5 Å². The number of benzene rings is 1. The van der Waals surface area contributed by atoms with Crippen molar-refractivity contribution in [2.24, 2.45) is 0 Å². The Morgan fingerprint density at radius 2 is 1.91 bits per heavy atom. The van der Waals surface area contributed by atoms with Crippen molar-refractivity contribution in [1.82, 2.24) is 0 Å². The fourth-order valence-corrected chi connectivity index (χ4v) is 4.72. The molecule has 0 N–H and O–H groups in total. The van der Waals surface area contributed by atoms with Gasteiger partial charge in [-0.3, -0.25) is 9.69 Å². The van der Waals surface area contributed by atoms with Crippen LogP contribution >= 0.6 is 11.3 Å². The second kappa shape index (κ2) is 5.94. The number of hydrogen-bond acceptors (Lipinski definition) is 4. The predicted octanol–water partition coefficient (Wildman–Crippen LogP) is 3.32. The Kier molecular flexibility index (Phi) is 4.12. The van der Waals surface area contributed by atoms with E-state index in [1.165, 1.54) is 16.7 Å². The van der Waals surface area contributed by atoms with Gasteiger partial charge < -0.3 is 0 Å². The number of carbonyl (C=O) groups is 1. The van der Waals surface area contributed by atoms with Gasteiger partial charge in [0.2, 0.25) is 0 Å². The van der Waals surface area contributed by atoms with Gasteiger partial charge in [-0.05, 0) is 54.6 Å². The summed E-state index contributed by atoms with van der Waals surface area (Å²) in [5.74, 6) is -0.242. The maximum atomic E-state index is 12.9. The number of rotatable bonds is 3. The van der Waals surface area contributed by atoms with Crippen LogP contribution in [0.1, 0.15) is 20.8 Å². The Labute approximate surface area is 140 Å². The molecule has 1 aliphatic heterocycles. The molecule has 6 heteroatoms. The first-order valence-corrected chi connectivity index (χ1v) is 9.81. The molecule has 2 aromatic rings. The highest BCUT2D eigenvalue weighted by atomic mass is 32.2. The lowest BCUT2D eigenvalue weighted by molar-refractivity contribution is 0.0987. The number of nitrogens with zero attached hydrogens (tertiary/aromatic N) is 1. The minimum atomic E-state index is -3.24. The zero-order chi connectivity index (χ0) is 16.6. The average Bonchev–Trinajstić information content (AvgIpc) is 3.07. The monoisotopic (exact) mass is 347 g/mol. The van der Waals surface area contributed by atoms with Crippen LogP contribution in [-0.4, -0.2) is 26.1 Å². The van der Waals surface area contributed by atoms with Crippen LogP contribution in [0.4, 0.5) is 5.69 Å². The molecule has 120 valence electrons. The molecule has 23 heavy (non-hydrogen) atoms. The molecule has 2 heterocycles. The summed E-state index contributed by atoms with van der Waals surface area (Å²) >= 11 is 1.36. The van der Waals surface area contributed by atoms with Gasteiger partial charge >= 0.3 is 0 Å². The first kappa shape index (κ1) is 16.0. The van der Waals surface area contributed by atoms with Gasteiger partial charge in [0.1, 0.15) is 0 Å². The third-order valence-electron chi connectivity index (χ3n) is 3.68. The van der Waals surface area contributed by atoms with Crippen molar-refractivity contribution in [3.05, 3.63) is 63.2 Å². The molecule has 3 rings (SSSR count). The van der Waals surface area contributed by atoms with Crippen LogP contribution in [0.5, 0.6) is 0 Å². The Morgan fingerprint density at radius 1 is 1.22 bits per heavy atom. The molecule has 1 amide bonds. The maximum Gasteiger partial charge on any atom is 0.268 e. The first-order chi connectivity index (χ1) is 10.9. The number of carbonyl (C=O) groups excluding carboxylic acids is 1. The average molecular weight is 347 g/mol. The van der Waals surface area contributed by atoms with Gasteiger partial charge in [-0.2, -0.15) is 0 Å². The summed E-state index contributed by atoms with van der Waals surface area (Å²) in [6.07, 6.45) is 1.60. The molecule has 0 saturated carbocycles. The van der Waals surface area contributed by atoms with Crippen LogP contribution in [0.3, 0.4) is 0 Å². The Balaban J connectivity index is 2.07. The quantitative estimate of drug-likeness (QED) is 0.856. The minimum absolute atomic E-state index is 0.0723. The SMILES string of the molecule is Cc1cc(C)cc(N(C(=O)c2cccs2)[C@@H]2C=CS(=O)(=O)C2)c1. The smallest absolute Gasteiger partial charge is 0.268 e. The Hall–Kier alpha value is -1.92. The number of thiophene rings is 1. The third kappa shape index (κ3) is 3.38. The molecule has 1 aliphatic rings. The van der Waals surface area contributed by atoms with Crippen LogP contribution in [-0.2, 0) is 9.84 Å². The van der Waals surface area contributed by atoms with E-state index in [2.05, 4.69) is 0 Å². The molecular weight excluding hydrogens is 330 g/mol. The number of sulfone groups is 1. The van der Waals surface area contributed by atoms with Crippen LogP contribution in [0.2, 0.25) is 0 Å². The van der Waals surface area contributed by atoms with E-state index in [9.17, 15) is 13.2 Å². The fourth-order valence-electron chi connectivity index (χ4n) is 2.79. The first-order valence-electron chi connectivity index (χ1n) is 7.22. The number of aryl methyl sites for hydroxylation is 2. The molecule has 1 aromatic heterocycles.